The second-order valence-corrected chi connectivity index (χ2v) is 4.21. The quantitative estimate of drug-likeness (QED) is 0.540. The van der Waals surface area contributed by atoms with Crippen LogP contribution in [0.1, 0.15) is 13.8 Å². The van der Waals surface area contributed by atoms with Crippen LogP contribution in [-0.2, 0) is 28.5 Å². The summed E-state index contributed by atoms with van der Waals surface area (Å²) in [6, 6.07) is 0. The van der Waals surface area contributed by atoms with Gasteiger partial charge in [0.15, 0.2) is 12.2 Å². The third-order valence-corrected chi connectivity index (χ3v) is 2.61. The normalized spacial score (nSPS) is 23.6. The van der Waals surface area contributed by atoms with Crippen molar-refractivity contribution in [1.29, 1.82) is 0 Å². The molecule has 0 fully saturated rings. The molecule has 10 heteroatoms. The van der Waals surface area contributed by atoms with Gasteiger partial charge in [0.1, 0.15) is 0 Å². The van der Waals surface area contributed by atoms with Crippen molar-refractivity contribution >= 4 is 17.7 Å². The maximum atomic E-state index is 11.2. The van der Waals surface area contributed by atoms with Gasteiger partial charge in [0.25, 0.3) is 0 Å². The number of nitrogens with two attached hydrogens (primary N) is 2. The molecule has 5 N–H and O–H groups in total. The molecule has 0 aliphatic carbocycles. The number of ether oxygens (including phenoxy) is 4. The summed E-state index contributed by atoms with van der Waals surface area (Å²) in [7, 11) is 1.13. The number of rotatable bonds is 1. The van der Waals surface area contributed by atoms with E-state index in [0.717, 1.165) is 7.11 Å². The average molecular weight is 316 g/mol. The van der Waals surface area contributed by atoms with Gasteiger partial charge < -0.3 is 35.5 Å². The Hall–Kier alpha value is -2.91. The van der Waals surface area contributed by atoms with E-state index < -0.39 is 35.7 Å². The molecule has 0 bridgehead atoms. The smallest absolute Gasteiger partial charge is 0.501 e. The van der Waals surface area contributed by atoms with Gasteiger partial charge in [0, 0.05) is 0 Å². The summed E-state index contributed by atoms with van der Waals surface area (Å²) in [5.74, 6) is -2.03. The second-order valence-electron chi connectivity index (χ2n) is 4.21. The van der Waals surface area contributed by atoms with E-state index in [1.807, 2.05) is 0 Å². The van der Waals surface area contributed by atoms with Gasteiger partial charge in [-0.15, -0.1) is 0 Å². The monoisotopic (exact) mass is 316 g/mol. The fraction of sp³-hybridized carbons (Fsp3) is 0.417. The summed E-state index contributed by atoms with van der Waals surface area (Å²) >= 11 is 0. The van der Waals surface area contributed by atoms with E-state index in [0.29, 0.717) is 0 Å². The molecule has 2 unspecified atom stereocenters. The lowest BCUT2D eigenvalue weighted by molar-refractivity contribution is -0.123. The van der Waals surface area contributed by atoms with Gasteiger partial charge in [-0.05, 0) is 13.8 Å². The van der Waals surface area contributed by atoms with Crippen LogP contribution in [0, 0.1) is 0 Å². The van der Waals surface area contributed by atoms with Crippen molar-refractivity contribution in [3.8, 4) is 0 Å². The molecule has 10 nitrogen and oxygen atoms in total. The van der Waals surface area contributed by atoms with Crippen molar-refractivity contribution in [2.75, 3.05) is 7.11 Å². The zero-order valence-electron chi connectivity index (χ0n) is 12.1. The summed E-state index contributed by atoms with van der Waals surface area (Å²) in [4.78, 5) is 32.4. The van der Waals surface area contributed by atoms with Crippen LogP contribution in [0.25, 0.3) is 0 Å². The van der Waals surface area contributed by atoms with Crippen LogP contribution in [0.3, 0.4) is 0 Å². The summed E-state index contributed by atoms with van der Waals surface area (Å²) in [5, 5.41) is 8.72. The zero-order valence-corrected chi connectivity index (χ0v) is 12.1. The lowest BCUT2D eigenvalue weighted by Gasteiger charge is -2.00. The van der Waals surface area contributed by atoms with Crippen molar-refractivity contribution in [2.45, 2.75) is 26.1 Å². The Morgan fingerprint density at radius 3 is 1.86 bits per heavy atom. The van der Waals surface area contributed by atoms with E-state index in [4.69, 9.17) is 21.3 Å². The van der Waals surface area contributed by atoms with Gasteiger partial charge in [0.05, 0.1) is 7.11 Å². The Labute approximate surface area is 125 Å². The van der Waals surface area contributed by atoms with Crippen LogP contribution < -0.4 is 11.5 Å². The number of aliphatic hydroxyl groups excluding tert-OH is 1. The largest absolute Gasteiger partial charge is 0.513 e. The summed E-state index contributed by atoms with van der Waals surface area (Å²) < 4.78 is 18.1. The highest BCUT2D eigenvalue weighted by Crippen LogP contribution is 2.19. The minimum Gasteiger partial charge on any atom is -0.501 e. The molecule has 2 aliphatic rings. The van der Waals surface area contributed by atoms with Crippen LogP contribution in [0.2, 0.25) is 0 Å². The highest BCUT2D eigenvalue weighted by atomic mass is 16.7. The summed E-state index contributed by atoms with van der Waals surface area (Å²) in [6.45, 7) is 3.03. The fourth-order valence-electron chi connectivity index (χ4n) is 1.44. The number of Topliss-reactive ketones (excluding diaryl/α,β-unsaturated/α-hetero) is 2. The Kier molecular flexibility index (Phi) is 5.22. The van der Waals surface area contributed by atoms with E-state index in [1.54, 1.807) is 0 Å². The third-order valence-electron chi connectivity index (χ3n) is 2.61. The Bertz CT molecular complexity index is 565. The van der Waals surface area contributed by atoms with Gasteiger partial charge in [-0.1, -0.05) is 0 Å². The molecule has 0 aromatic carbocycles. The van der Waals surface area contributed by atoms with Gasteiger partial charge in [-0.3, -0.25) is 9.59 Å². The molecular weight excluding hydrogens is 300 g/mol. The number of carbonyl (C=O) groups is 3. The standard InChI is InChI=1S/C7H9NO5.C5H7NO3/c1-3-4(9)5(6(8)12-3)13-7(10)11-2;1-2-3(7)4(8)5(6)9-2/h3H,8H2,1-2H3;2,8H,6H2,1H3. The number of carbonyl (C=O) groups excluding carboxylic acids is 3. The maximum absolute atomic E-state index is 11.2. The maximum Gasteiger partial charge on any atom is 0.513 e. The SMILES string of the molecule is CC1OC(N)=C(O)C1=O.COC(=O)OC1=C(N)OC(C)C1=O. The molecule has 0 saturated heterocycles. The number of hydrogen-bond acceptors (Lipinski definition) is 10. The first-order valence-electron chi connectivity index (χ1n) is 6.05. The molecule has 2 heterocycles. The third kappa shape index (κ3) is 3.59. The topological polar surface area (TPSA) is 160 Å². The molecule has 2 atom stereocenters. The van der Waals surface area contributed by atoms with Crippen LogP contribution in [-0.4, -0.2) is 42.1 Å². The molecule has 122 valence electrons. The number of methoxy groups -OCH3 is 1. The average Bonchev–Trinajstić information content (AvgIpc) is 2.84. The molecule has 0 spiro atoms. The molecule has 0 radical (unpaired) electrons. The van der Waals surface area contributed by atoms with E-state index in [1.165, 1.54) is 13.8 Å². The van der Waals surface area contributed by atoms with Gasteiger partial charge in [0.2, 0.25) is 34.9 Å². The van der Waals surface area contributed by atoms with Crippen molar-refractivity contribution in [3.05, 3.63) is 23.3 Å². The Morgan fingerprint density at radius 1 is 1.09 bits per heavy atom. The molecular formula is C12H16N2O8. The van der Waals surface area contributed by atoms with Crippen molar-refractivity contribution in [3.63, 3.8) is 0 Å². The van der Waals surface area contributed by atoms with Crippen molar-refractivity contribution in [2.24, 2.45) is 11.5 Å². The van der Waals surface area contributed by atoms with E-state index in [2.05, 4.69) is 14.2 Å². The molecule has 22 heavy (non-hydrogen) atoms. The lowest BCUT2D eigenvalue weighted by atomic mass is 10.2. The highest BCUT2D eigenvalue weighted by molar-refractivity contribution is 6.00. The van der Waals surface area contributed by atoms with Crippen LogP contribution >= 0.6 is 0 Å². The van der Waals surface area contributed by atoms with Crippen molar-refractivity contribution in [1.82, 2.24) is 0 Å². The zero-order chi connectivity index (χ0) is 17.0. The van der Waals surface area contributed by atoms with Gasteiger partial charge >= 0.3 is 6.16 Å². The molecule has 0 aromatic heterocycles. The van der Waals surface area contributed by atoms with E-state index >= 15 is 0 Å². The predicted octanol–water partition coefficient (Wildman–Crippen LogP) is -0.455. The van der Waals surface area contributed by atoms with E-state index in [9.17, 15) is 14.4 Å². The van der Waals surface area contributed by atoms with Crippen molar-refractivity contribution < 1.29 is 38.4 Å². The van der Waals surface area contributed by atoms with Gasteiger partial charge in [-0.2, -0.15) is 0 Å². The van der Waals surface area contributed by atoms with E-state index in [-0.39, 0.29) is 17.5 Å². The number of aliphatic hydroxyl groups is 1. The first-order valence-corrected chi connectivity index (χ1v) is 6.05. The molecule has 2 rings (SSSR count). The number of hydrogen-bond donors (Lipinski definition) is 3. The fourth-order valence-corrected chi connectivity index (χ4v) is 1.44. The van der Waals surface area contributed by atoms with Crippen LogP contribution in [0.5, 0.6) is 0 Å². The predicted molar refractivity (Wildman–Crippen MR) is 69.7 cm³/mol. The van der Waals surface area contributed by atoms with Gasteiger partial charge in [-0.25, -0.2) is 4.79 Å². The summed E-state index contributed by atoms with van der Waals surface area (Å²) in [6.07, 6.45) is -2.33. The first-order chi connectivity index (χ1) is 10.2. The Morgan fingerprint density at radius 2 is 1.59 bits per heavy atom. The highest BCUT2D eigenvalue weighted by Gasteiger charge is 2.34. The minimum atomic E-state index is -0.996. The lowest BCUT2D eigenvalue weighted by Crippen LogP contribution is -2.16. The van der Waals surface area contributed by atoms with Crippen LogP contribution in [0.15, 0.2) is 23.3 Å². The Balaban J connectivity index is 0.000000235. The number of ketones is 2. The molecule has 0 aromatic rings. The molecule has 2 aliphatic heterocycles. The molecule has 0 saturated carbocycles. The first kappa shape index (κ1) is 17.1. The second kappa shape index (κ2) is 6.70. The molecule has 0 amide bonds. The van der Waals surface area contributed by atoms with Crippen LogP contribution in [0.4, 0.5) is 4.79 Å². The minimum absolute atomic E-state index is 0.174. The summed E-state index contributed by atoms with van der Waals surface area (Å²) in [5.41, 5.74) is 10.3.